The van der Waals surface area contributed by atoms with Gasteiger partial charge in [0.05, 0.1) is 0 Å². The van der Waals surface area contributed by atoms with Gasteiger partial charge in [-0.25, -0.2) is 0 Å². The normalized spacial score (nSPS) is 18.1. The molecule has 1 nitrogen and oxygen atoms in total. The summed E-state index contributed by atoms with van der Waals surface area (Å²) in [5.41, 5.74) is 0. The van der Waals surface area contributed by atoms with Crippen LogP contribution in [0.2, 0.25) is 0 Å². The highest BCUT2D eigenvalue weighted by Crippen LogP contribution is 2.35. The summed E-state index contributed by atoms with van der Waals surface area (Å²) >= 11 is 1.88. The SMILES string of the molecule is C=CN(C)SC1CC1. The van der Waals surface area contributed by atoms with Gasteiger partial charge in [-0.3, -0.25) is 0 Å². The fraction of sp³-hybridized carbons (Fsp3) is 0.667. The third-order valence-corrected chi connectivity index (χ3v) is 2.35. The summed E-state index contributed by atoms with van der Waals surface area (Å²) in [5, 5.41) is 0.901. The predicted molar refractivity (Wildman–Crippen MR) is 38.6 cm³/mol. The zero-order valence-electron chi connectivity index (χ0n) is 5.13. The third-order valence-electron chi connectivity index (χ3n) is 1.10. The van der Waals surface area contributed by atoms with Crippen molar-refractivity contribution in [3.8, 4) is 0 Å². The fourth-order valence-corrected chi connectivity index (χ4v) is 1.35. The lowest BCUT2D eigenvalue weighted by atomic mass is 11.0. The molecule has 0 saturated heterocycles. The molecule has 0 amide bonds. The van der Waals surface area contributed by atoms with E-state index in [1.807, 2.05) is 25.2 Å². The van der Waals surface area contributed by atoms with Crippen molar-refractivity contribution in [3.63, 3.8) is 0 Å². The highest BCUT2D eigenvalue weighted by Gasteiger charge is 2.22. The van der Waals surface area contributed by atoms with Crippen LogP contribution in [0.15, 0.2) is 12.8 Å². The highest BCUT2D eigenvalue weighted by molar-refractivity contribution is 7.97. The Kier molecular flexibility index (Phi) is 1.84. The largest absolute Gasteiger partial charge is 0.327 e. The molecule has 0 atom stereocenters. The van der Waals surface area contributed by atoms with Crippen molar-refractivity contribution in [3.05, 3.63) is 12.8 Å². The molecule has 0 N–H and O–H groups in total. The smallest absolute Gasteiger partial charge is 0.0248 e. The second-order valence-corrected chi connectivity index (χ2v) is 3.49. The molecule has 0 aromatic rings. The molecule has 1 saturated carbocycles. The van der Waals surface area contributed by atoms with Crippen molar-refractivity contribution in [1.82, 2.24) is 4.31 Å². The molecule has 1 aliphatic carbocycles. The van der Waals surface area contributed by atoms with E-state index in [1.165, 1.54) is 12.8 Å². The maximum absolute atomic E-state index is 3.65. The second-order valence-electron chi connectivity index (χ2n) is 2.03. The molecule has 1 aliphatic rings. The minimum Gasteiger partial charge on any atom is -0.327 e. The second kappa shape index (κ2) is 2.44. The molecule has 0 bridgehead atoms. The van der Waals surface area contributed by atoms with Gasteiger partial charge in [-0.05, 0) is 24.8 Å². The van der Waals surface area contributed by atoms with Crippen LogP contribution in [0.3, 0.4) is 0 Å². The Balaban J connectivity index is 2.06. The summed E-state index contributed by atoms with van der Waals surface area (Å²) < 4.78 is 2.07. The molecule has 1 rings (SSSR count). The first-order chi connectivity index (χ1) is 3.83. The summed E-state index contributed by atoms with van der Waals surface area (Å²) in [7, 11) is 2.04. The Morgan fingerprint density at radius 2 is 2.38 bits per heavy atom. The quantitative estimate of drug-likeness (QED) is 0.535. The maximum atomic E-state index is 3.65. The molecule has 0 aromatic carbocycles. The molecule has 0 unspecified atom stereocenters. The zero-order chi connectivity index (χ0) is 5.98. The summed E-state index contributed by atoms with van der Waals surface area (Å²) in [6.07, 6.45) is 4.63. The first-order valence-corrected chi connectivity index (χ1v) is 3.68. The summed E-state index contributed by atoms with van der Waals surface area (Å²) in [5.74, 6) is 0. The van der Waals surface area contributed by atoms with E-state index in [-0.39, 0.29) is 0 Å². The van der Waals surface area contributed by atoms with Crippen molar-refractivity contribution >= 4 is 11.9 Å². The molecule has 0 aliphatic heterocycles. The minimum absolute atomic E-state index is 0.901. The molecule has 0 radical (unpaired) electrons. The lowest BCUT2D eigenvalue weighted by Crippen LogP contribution is -1.98. The molecule has 0 heterocycles. The van der Waals surface area contributed by atoms with Gasteiger partial charge in [0.1, 0.15) is 0 Å². The highest BCUT2D eigenvalue weighted by atomic mass is 32.2. The van der Waals surface area contributed by atoms with E-state index in [2.05, 4.69) is 10.9 Å². The average molecular weight is 129 g/mol. The first kappa shape index (κ1) is 6.02. The molecular weight excluding hydrogens is 118 g/mol. The zero-order valence-corrected chi connectivity index (χ0v) is 5.95. The van der Waals surface area contributed by atoms with Gasteiger partial charge in [-0.1, -0.05) is 6.58 Å². The van der Waals surface area contributed by atoms with Crippen molar-refractivity contribution in [1.29, 1.82) is 0 Å². The van der Waals surface area contributed by atoms with Gasteiger partial charge in [0.2, 0.25) is 0 Å². The summed E-state index contributed by atoms with van der Waals surface area (Å²) in [6, 6.07) is 0. The third kappa shape index (κ3) is 1.78. The van der Waals surface area contributed by atoms with Crippen LogP contribution in [0.1, 0.15) is 12.8 Å². The van der Waals surface area contributed by atoms with Gasteiger partial charge in [-0.15, -0.1) is 0 Å². The van der Waals surface area contributed by atoms with Gasteiger partial charge < -0.3 is 4.31 Å². The maximum Gasteiger partial charge on any atom is 0.0248 e. The molecule has 1 fully saturated rings. The van der Waals surface area contributed by atoms with Crippen LogP contribution in [-0.2, 0) is 0 Å². The average Bonchev–Trinajstić information content (AvgIpc) is 2.50. The Hall–Kier alpha value is -0.110. The molecule has 0 aromatic heterocycles. The van der Waals surface area contributed by atoms with Crippen LogP contribution in [0.25, 0.3) is 0 Å². The lowest BCUT2D eigenvalue weighted by Gasteiger charge is -2.08. The van der Waals surface area contributed by atoms with Crippen LogP contribution >= 0.6 is 11.9 Å². The Labute approximate surface area is 54.9 Å². The van der Waals surface area contributed by atoms with Crippen molar-refractivity contribution in [2.75, 3.05) is 7.05 Å². The van der Waals surface area contributed by atoms with Gasteiger partial charge >= 0.3 is 0 Å². The number of hydrogen-bond acceptors (Lipinski definition) is 2. The van der Waals surface area contributed by atoms with E-state index >= 15 is 0 Å². The Morgan fingerprint density at radius 1 is 1.75 bits per heavy atom. The van der Waals surface area contributed by atoms with Crippen molar-refractivity contribution in [2.45, 2.75) is 18.1 Å². The topological polar surface area (TPSA) is 3.24 Å². The fourth-order valence-electron chi connectivity index (χ4n) is 0.452. The minimum atomic E-state index is 0.901. The number of hydrogen-bond donors (Lipinski definition) is 0. The van der Waals surface area contributed by atoms with Crippen LogP contribution in [-0.4, -0.2) is 16.6 Å². The van der Waals surface area contributed by atoms with Crippen molar-refractivity contribution < 1.29 is 0 Å². The molecular formula is C6H11NS. The standard InChI is InChI=1S/C6H11NS/c1-3-7(2)8-6-4-5-6/h3,6H,1,4-5H2,2H3. The van der Waals surface area contributed by atoms with Gasteiger partial charge in [-0.2, -0.15) is 0 Å². The van der Waals surface area contributed by atoms with Crippen LogP contribution in [0.4, 0.5) is 0 Å². The Morgan fingerprint density at radius 3 is 2.75 bits per heavy atom. The van der Waals surface area contributed by atoms with Crippen LogP contribution in [0, 0.1) is 0 Å². The predicted octanol–water partition coefficient (Wildman–Crippen LogP) is 1.87. The van der Waals surface area contributed by atoms with E-state index in [1.54, 1.807) is 0 Å². The van der Waals surface area contributed by atoms with Gasteiger partial charge in [0.25, 0.3) is 0 Å². The van der Waals surface area contributed by atoms with Crippen molar-refractivity contribution in [2.24, 2.45) is 0 Å². The monoisotopic (exact) mass is 129 g/mol. The van der Waals surface area contributed by atoms with E-state index < -0.39 is 0 Å². The number of rotatable bonds is 3. The van der Waals surface area contributed by atoms with E-state index in [0.717, 1.165) is 5.25 Å². The molecule has 46 valence electrons. The van der Waals surface area contributed by atoms with Gasteiger partial charge in [0.15, 0.2) is 0 Å². The lowest BCUT2D eigenvalue weighted by molar-refractivity contribution is 0.776. The van der Waals surface area contributed by atoms with Crippen LogP contribution < -0.4 is 0 Å². The molecule has 2 heteroatoms. The number of nitrogens with zero attached hydrogens (tertiary/aromatic N) is 1. The van der Waals surface area contributed by atoms with E-state index in [0.29, 0.717) is 0 Å². The Bertz CT molecular complexity index is 88.5. The van der Waals surface area contributed by atoms with Crippen LogP contribution in [0.5, 0.6) is 0 Å². The van der Waals surface area contributed by atoms with E-state index in [4.69, 9.17) is 0 Å². The van der Waals surface area contributed by atoms with Gasteiger partial charge in [0, 0.05) is 18.5 Å². The summed E-state index contributed by atoms with van der Waals surface area (Å²) in [6.45, 7) is 3.65. The summed E-state index contributed by atoms with van der Waals surface area (Å²) in [4.78, 5) is 0. The molecule has 0 spiro atoms. The molecule has 8 heavy (non-hydrogen) atoms. The van der Waals surface area contributed by atoms with E-state index in [9.17, 15) is 0 Å². The first-order valence-electron chi connectivity index (χ1n) is 2.85.